The molecule has 1 N–H and O–H groups in total. The van der Waals surface area contributed by atoms with Crippen molar-refractivity contribution >= 4 is 0 Å². The van der Waals surface area contributed by atoms with E-state index < -0.39 is 0 Å². The molecule has 1 rings (SSSR count). The van der Waals surface area contributed by atoms with E-state index in [0.29, 0.717) is 6.04 Å². The standard InChI is InChI=1S/C15H33N3/c1-6-17-10-11-18(12-15(17)5)14(4)8-7-9-16-13(2)3/h13-16H,6-12H2,1-5H3. The minimum absolute atomic E-state index is 0.619. The van der Waals surface area contributed by atoms with Crippen LogP contribution in [0.2, 0.25) is 0 Å². The Morgan fingerprint density at radius 2 is 1.94 bits per heavy atom. The van der Waals surface area contributed by atoms with Gasteiger partial charge < -0.3 is 5.32 Å². The third kappa shape index (κ3) is 5.25. The number of piperazine rings is 1. The molecule has 1 fully saturated rings. The van der Waals surface area contributed by atoms with Crippen LogP contribution in [0.1, 0.15) is 47.5 Å². The van der Waals surface area contributed by atoms with E-state index in [2.05, 4.69) is 49.7 Å². The van der Waals surface area contributed by atoms with Gasteiger partial charge in [0.25, 0.3) is 0 Å². The van der Waals surface area contributed by atoms with Crippen molar-refractivity contribution in [3.63, 3.8) is 0 Å². The number of likely N-dealkylation sites (N-methyl/N-ethyl adjacent to an activating group) is 1. The van der Waals surface area contributed by atoms with Crippen LogP contribution in [0.15, 0.2) is 0 Å². The molecule has 0 bridgehead atoms. The smallest absolute Gasteiger partial charge is 0.0195 e. The summed E-state index contributed by atoms with van der Waals surface area (Å²) in [5.74, 6) is 0. The second-order valence-corrected chi connectivity index (χ2v) is 6.07. The van der Waals surface area contributed by atoms with Crippen LogP contribution in [0, 0.1) is 0 Å². The first-order valence-corrected chi connectivity index (χ1v) is 7.76. The molecule has 1 saturated heterocycles. The van der Waals surface area contributed by atoms with Crippen LogP contribution in [-0.2, 0) is 0 Å². The van der Waals surface area contributed by atoms with Gasteiger partial charge in [-0.1, -0.05) is 20.8 Å². The van der Waals surface area contributed by atoms with Gasteiger partial charge in [0, 0.05) is 37.8 Å². The Hall–Kier alpha value is -0.120. The van der Waals surface area contributed by atoms with Crippen molar-refractivity contribution in [3.05, 3.63) is 0 Å². The summed E-state index contributed by atoms with van der Waals surface area (Å²) in [6.07, 6.45) is 2.61. The van der Waals surface area contributed by atoms with Crippen molar-refractivity contribution in [2.24, 2.45) is 0 Å². The lowest BCUT2D eigenvalue weighted by Gasteiger charge is -2.42. The molecule has 0 aliphatic carbocycles. The number of nitrogens with zero attached hydrogens (tertiary/aromatic N) is 2. The lowest BCUT2D eigenvalue weighted by atomic mass is 10.1. The van der Waals surface area contributed by atoms with Crippen LogP contribution in [0.4, 0.5) is 0 Å². The van der Waals surface area contributed by atoms with Gasteiger partial charge in [0.15, 0.2) is 0 Å². The molecular formula is C15H33N3. The molecule has 1 aliphatic heterocycles. The topological polar surface area (TPSA) is 18.5 Å². The molecule has 1 aliphatic rings. The Morgan fingerprint density at radius 3 is 2.50 bits per heavy atom. The van der Waals surface area contributed by atoms with Gasteiger partial charge in [-0.05, 0) is 39.8 Å². The molecule has 0 aromatic heterocycles. The highest BCUT2D eigenvalue weighted by Crippen LogP contribution is 2.14. The van der Waals surface area contributed by atoms with E-state index >= 15 is 0 Å². The number of hydrogen-bond acceptors (Lipinski definition) is 3. The Kier molecular flexibility index (Phi) is 7.20. The van der Waals surface area contributed by atoms with Gasteiger partial charge in [-0.15, -0.1) is 0 Å². The largest absolute Gasteiger partial charge is 0.315 e. The van der Waals surface area contributed by atoms with Crippen LogP contribution in [0.25, 0.3) is 0 Å². The summed E-state index contributed by atoms with van der Waals surface area (Å²) in [4.78, 5) is 5.26. The highest BCUT2D eigenvalue weighted by molar-refractivity contribution is 4.81. The number of hydrogen-bond donors (Lipinski definition) is 1. The van der Waals surface area contributed by atoms with Crippen molar-refractivity contribution < 1.29 is 0 Å². The average Bonchev–Trinajstić information content (AvgIpc) is 2.34. The Labute approximate surface area is 114 Å². The van der Waals surface area contributed by atoms with E-state index in [4.69, 9.17) is 0 Å². The molecule has 0 amide bonds. The monoisotopic (exact) mass is 255 g/mol. The van der Waals surface area contributed by atoms with Gasteiger partial charge in [-0.25, -0.2) is 0 Å². The first kappa shape index (κ1) is 15.9. The Bertz CT molecular complexity index is 218. The molecule has 18 heavy (non-hydrogen) atoms. The number of nitrogens with one attached hydrogen (secondary N) is 1. The third-order valence-corrected chi connectivity index (χ3v) is 4.18. The zero-order valence-electron chi connectivity index (χ0n) is 13.1. The molecule has 3 heteroatoms. The van der Waals surface area contributed by atoms with Crippen LogP contribution in [-0.4, -0.2) is 60.6 Å². The van der Waals surface area contributed by atoms with Crippen molar-refractivity contribution in [3.8, 4) is 0 Å². The van der Waals surface area contributed by atoms with E-state index in [1.54, 1.807) is 0 Å². The van der Waals surface area contributed by atoms with Gasteiger partial charge in [0.1, 0.15) is 0 Å². The van der Waals surface area contributed by atoms with Crippen LogP contribution >= 0.6 is 0 Å². The number of rotatable bonds is 7. The minimum Gasteiger partial charge on any atom is -0.315 e. The summed E-state index contributed by atoms with van der Waals surface area (Å²) in [6.45, 7) is 17.5. The predicted octanol–water partition coefficient (Wildman–Crippen LogP) is 2.18. The molecule has 2 unspecified atom stereocenters. The van der Waals surface area contributed by atoms with Gasteiger partial charge in [0.05, 0.1) is 0 Å². The van der Waals surface area contributed by atoms with Crippen molar-refractivity contribution in [1.29, 1.82) is 0 Å². The second kappa shape index (κ2) is 8.13. The summed E-state index contributed by atoms with van der Waals surface area (Å²) in [5.41, 5.74) is 0. The quantitative estimate of drug-likeness (QED) is 0.704. The maximum Gasteiger partial charge on any atom is 0.0195 e. The lowest BCUT2D eigenvalue weighted by molar-refractivity contribution is 0.0607. The molecule has 0 aromatic carbocycles. The van der Waals surface area contributed by atoms with E-state index in [9.17, 15) is 0 Å². The fourth-order valence-corrected chi connectivity index (χ4v) is 2.86. The molecule has 0 spiro atoms. The molecule has 0 aromatic rings. The van der Waals surface area contributed by atoms with Crippen molar-refractivity contribution in [1.82, 2.24) is 15.1 Å². The lowest BCUT2D eigenvalue weighted by Crippen LogP contribution is -2.54. The van der Waals surface area contributed by atoms with E-state index in [-0.39, 0.29) is 0 Å². The molecule has 1 heterocycles. The maximum absolute atomic E-state index is 3.50. The highest BCUT2D eigenvalue weighted by Gasteiger charge is 2.24. The van der Waals surface area contributed by atoms with E-state index in [0.717, 1.165) is 18.6 Å². The Morgan fingerprint density at radius 1 is 1.22 bits per heavy atom. The molecule has 3 nitrogen and oxygen atoms in total. The fraction of sp³-hybridized carbons (Fsp3) is 1.00. The zero-order valence-corrected chi connectivity index (χ0v) is 13.1. The fourth-order valence-electron chi connectivity index (χ4n) is 2.86. The van der Waals surface area contributed by atoms with Gasteiger partial charge in [-0.3, -0.25) is 9.80 Å². The molecule has 2 atom stereocenters. The zero-order chi connectivity index (χ0) is 13.5. The summed E-state index contributed by atoms with van der Waals surface area (Å²) in [6, 6.07) is 2.08. The van der Waals surface area contributed by atoms with Crippen molar-refractivity contribution in [2.45, 2.75) is 65.6 Å². The summed E-state index contributed by atoms with van der Waals surface area (Å²) >= 11 is 0. The molecule has 0 radical (unpaired) electrons. The predicted molar refractivity (Wildman–Crippen MR) is 80.1 cm³/mol. The molecule has 0 saturated carbocycles. The summed E-state index contributed by atoms with van der Waals surface area (Å²) in [7, 11) is 0. The average molecular weight is 255 g/mol. The maximum atomic E-state index is 3.50. The van der Waals surface area contributed by atoms with Crippen LogP contribution in [0.5, 0.6) is 0 Å². The van der Waals surface area contributed by atoms with Gasteiger partial charge in [0.2, 0.25) is 0 Å². The van der Waals surface area contributed by atoms with Gasteiger partial charge >= 0.3 is 0 Å². The van der Waals surface area contributed by atoms with E-state index in [1.165, 1.54) is 39.0 Å². The first-order valence-electron chi connectivity index (χ1n) is 7.76. The molecular weight excluding hydrogens is 222 g/mol. The third-order valence-electron chi connectivity index (χ3n) is 4.18. The van der Waals surface area contributed by atoms with Crippen molar-refractivity contribution in [2.75, 3.05) is 32.7 Å². The first-order chi connectivity index (χ1) is 8.54. The van der Waals surface area contributed by atoms with Crippen LogP contribution < -0.4 is 5.32 Å². The van der Waals surface area contributed by atoms with E-state index in [1.807, 2.05) is 0 Å². The minimum atomic E-state index is 0.619. The summed E-state index contributed by atoms with van der Waals surface area (Å²) < 4.78 is 0. The summed E-state index contributed by atoms with van der Waals surface area (Å²) in [5, 5.41) is 3.50. The Balaban J connectivity index is 2.20. The molecule has 108 valence electrons. The van der Waals surface area contributed by atoms with Crippen LogP contribution in [0.3, 0.4) is 0 Å². The normalized spacial score (nSPS) is 24.7. The SMILES string of the molecule is CCN1CCN(C(C)CCCNC(C)C)CC1C. The van der Waals surface area contributed by atoms with Gasteiger partial charge in [-0.2, -0.15) is 0 Å². The highest BCUT2D eigenvalue weighted by atomic mass is 15.3. The second-order valence-electron chi connectivity index (χ2n) is 6.07.